The van der Waals surface area contributed by atoms with Crippen molar-refractivity contribution in [2.75, 3.05) is 19.6 Å². The van der Waals surface area contributed by atoms with E-state index < -0.39 is 5.97 Å². The monoisotopic (exact) mass is 254 g/mol. The minimum absolute atomic E-state index is 0.0660. The average Bonchev–Trinajstić information content (AvgIpc) is 2.64. The van der Waals surface area contributed by atoms with Gasteiger partial charge in [-0.15, -0.1) is 11.3 Å². The number of thiophene rings is 1. The van der Waals surface area contributed by atoms with Gasteiger partial charge in [-0.3, -0.25) is 9.69 Å². The van der Waals surface area contributed by atoms with E-state index in [4.69, 9.17) is 5.11 Å². The van der Waals surface area contributed by atoms with E-state index >= 15 is 0 Å². The Balaban J connectivity index is 2.02. The molecule has 2 N–H and O–H groups in total. The van der Waals surface area contributed by atoms with Gasteiger partial charge in [-0.2, -0.15) is 0 Å². The second-order valence-electron chi connectivity index (χ2n) is 3.96. The molecular weight excluding hydrogens is 240 g/mol. The molecule has 92 valence electrons. The molecule has 1 saturated heterocycles. The van der Waals surface area contributed by atoms with Crippen LogP contribution in [0, 0.1) is 0 Å². The van der Waals surface area contributed by atoms with Gasteiger partial charge in [-0.05, 0) is 17.0 Å². The third kappa shape index (κ3) is 3.04. The van der Waals surface area contributed by atoms with Crippen LogP contribution in [0.15, 0.2) is 11.4 Å². The van der Waals surface area contributed by atoms with Crippen molar-refractivity contribution in [3.05, 3.63) is 21.9 Å². The van der Waals surface area contributed by atoms with Crippen LogP contribution < -0.4 is 5.32 Å². The summed E-state index contributed by atoms with van der Waals surface area (Å²) in [6.45, 7) is 2.67. The molecule has 0 saturated carbocycles. The molecule has 0 aromatic carbocycles. The highest BCUT2D eigenvalue weighted by Gasteiger charge is 2.17. The van der Waals surface area contributed by atoms with E-state index in [1.807, 2.05) is 6.07 Å². The Morgan fingerprint density at radius 3 is 3.12 bits per heavy atom. The van der Waals surface area contributed by atoms with Gasteiger partial charge in [-0.25, -0.2) is 4.79 Å². The first kappa shape index (κ1) is 12.1. The van der Waals surface area contributed by atoms with Gasteiger partial charge in [-0.1, -0.05) is 0 Å². The standard InChI is InChI=1S/C11H14N2O3S/c14-9-1-4-13(5-3-12-9)7-8-2-6-17-10(8)11(15)16/h2,6H,1,3-5,7H2,(H,12,14)(H,15,16). The molecular formula is C11H14N2O3S. The van der Waals surface area contributed by atoms with Crippen molar-refractivity contribution in [3.63, 3.8) is 0 Å². The van der Waals surface area contributed by atoms with E-state index in [0.717, 1.165) is 12.1 Å². The quantitative estimate of drug-likeness (QED) is 0.836. The zero-order valence-corrected chi connectivity index (χ0v) is 10.1. The molecule has 1 aliphatic heterocycles. The van der Waals surface area contributed by atoms with Gasteiger partial charge in [0.1, 0.15) is 4.88 Å². The van der Waals surface area contributed by atoms with Gasteiger partial charge >= 0.3 is 5.97 Å². The molecule has 17 heavy (non-hydrogen) atoms. The number of hydrogen-bond acceptors (Lipinski definition) is 4. The molecule has 5 nitrogen and oxygen atoms in total. The number of aromatic carboxylic acids is 1. The normalized spacial score (nSPS) is 17.5. The molecule has 1 aliphatic rings. The van der Waals surface area contributed by atoms with Crippen molar-refractivity contribution in [1.29, 1.82) is 0 Å². The Hall–Kier alpha value is -1.40. The highest BCUT2D eigenvalue weighted by molar-refractivity contribution is 7.12. The number of rotatable bonds is 3. The van der Waals surface area contributed by atoms with Crippen LogP contribution >= 0.6 is 11.3 Å². The van der Waals surface area contributed by atoms with Crippen LogP contribution in [0.25, 0.3) is 0 Å². The Bertz CT molecular complexity index is 430. The number of carbonyl (C=O) groups is 2. The number of hydrogen-bond donors (Lipinski definition) is 2. The van der Waals surface area contributed by atoms with E-state index in [2.05, 4.69) is 10.2 Å². The van der Waals surface area contributed by atoms with Crippen molar-refractivity contribution >= 4 is 23.2 Å². The van der Waals surface area contributed by atoms with E-state index in [-0.39, 0.29) is 5.91 Å². The van der Waals surface area contributed by atoms with Crippen molar-refractivity contribution in [2.24, 2.45) is 0 Å². The molecule has 1 fully saturated rings. The van der Waals surface area contributed by atoms with Crippen LogP contribution in [0.2, 0.25) is 0 Å². The first-order valence-corrected chi connectivity index (χ1v) is 6.33. The van der Waals surface area contributed by atoms with Crippen LogP contribution in [0.3, 0.4) is 0 Å². The second-order valence-corrected chi connectivity index (χ2v) is 4.87. The SMILES string of the molecule is O=C1CCN(Cc2ccsc2C(=O)O)CCN1. The summed E-state index contributed by atoms with van der Waals surface area (Å²) < 4.78 is 0. The number of nitrogens with one attached hydrogen (secondary N) is 1. The summed E-state index contributed by atoms with van der Waals surface area (Å²) in [7, 11) is 0. The molecule has 0 aliphatic carbocycles. The molecule has 1 amide bonds. The highest BCUT2D eigenvalue weighted by Crippen LogP contribution is 2.18. The maximum absolute atomic E-state index is 11.2. The third-order valence-corrected chi connectivity index (χ3v) is 3.68. The van der Waals surface area contributed by atoms with Crippen LogP contribution in [0.1, 0.15) is 21.7 Å². The number of carboxylic acids is 1. The molecule has 0 bridgehead atoms. The summed E-state index contributed by atoms with van der Waals surface area (Å²) >= 11 is 1.24. The Morgan fingerprint density at radius 1 is 1.53 bits per heavy atom. The van der Waals surface area contributed by atoms with E-state index in [1.165, 1.54) is 11.3 Å². The molecule has 6 heteroatoms. The first-order valence-electron chi connectivity index (χ1n) is 5.45. The minimum atomic E-state index is -0.876. The zero-order valence-electron chi connectivity index (χ0n) is 9.31. The fraction of sp³-hybridized carbons (Fsp3) is 0.455. The topological polar surface area (TPSA) is 69.6 Å². The molecule has 0 radical (unpaired) electrons. The number of nitrogens with zero attached hydrogens (tertiary/aromatic N) is 1. The summed E-state index contributed by atoms with van der Waals surface area (Å²) in [5, 5.41) is 13.6. The van der Waals surface area contributed by atoms with Gasteiger partial charge in [0, 0.05) is 32.6 Å². The fourth-order valence-electron chi connectivity index (χ4n) is 1.86. The number of carboxylic acid groups (broad SMARTS) is 1. The third-order valence-electron chi connectivity index (χ3n) is 2.74. The van der Waals surface area contributed by atoms with Crippen LogP contribution in [-0.2, 0) is 11.3 Å². The number of amides is 1. The fourth-order valence-corrected chi connectivity index (χ4v) is 2.61. The van der Waals surface area contributed by atoms with Gasteiger partial charge in [0.2, 0.25) is 5.91 Å². The molecule has 0 atom stereocenters. The van der Waals surface area contributed by atoms with Crippen molar-refractivity contribution in [2.45, 2.75) is 13.0 Å². The Labute approximate surface area is 103 Å². The first-order chi connectivity index (χ1) is 8.16. The molecule has 0 spiro atoms. The maximum atomic E-state index is 11.2. The summed E-state index contributed by atoms with van der Waals surface area (Å²) in [5.74, 6) is -0.810. The minimum Gasteiger partial charge on any atom is -0.477 e. The number of carbonyl (C=O) groups excluding carboxylic acids is 1. The van der Waals surface area contributed by atoms with Gasteiger partial charge in [0.25, 0.3) is 0 Å². The Morgan fingerprint density at radius 2 is 2.35 bits per heavy atom. The average molecular weight is 254 g/mol. The summed E-state index contributed by atoms with van der Waals surface area (Å²) in [6.07, 6.45) is 0.479. The van der Waals surface area contributed by atoms with Crippen LogP contribution in [0.5, 0.6) is 0 Å². The van der Waals surface area contributed by atoms with Crippen LogP contribution in [-0.4, -0.2) is 41.5 Å². The molecule has 2 heterocycles. The molecule has 1 aromatic heterocycles. The van der Waals surface area contributed by atoms with E-state index in [0.29, 0.717) is 30.9 Å². The predicted octanol–water partition coefficient (Wildman–Crippen LogP) is 0.768. The summed E-state index contributed by atoms with van der Waals surface area (Å²) in [4.78, 5) is 24.6. The zero-order chi connectivity index (χ0) is 12.3. The Kier molecular flexibility index (Phi) is 3.75. The lowest BCUT2D eigenvalue weighted by molar-refractivity contribution is -0.120. The summed E-state index contributed by atoms with van der Waals surface area (Å²) in [6, 6.07) is 1.84. The van der Waals surface area contributed by atoms with Crippen molar-refractivity contribution < 1.29 is 14.7 Å². The molecule has 0 unspecified atom stereocenters. The van der Waals surface area contributed by atoms with Gasteiger partial charge < -0.3 is 10.4 Å². The molecule has 2 rings (SSSR count). The largest absolute Gasteiger partial charge is 0.477 e. The highest BCUT2D eigenvalue weighted by atomic mass is 32.1. The second kappa shape index (κ2) is 5.29. The lowest BCUT2D eigenvalue weighted by Crippen LogP contribution is -2.28. The van der Waals surface area contributed by atoms with E-state index in [9.17, 15) is 9.59 Å². The predicted molar refractivity (Wildman–Crippen MR) is 64.2 cm³/mol. The maximum Gasteiger partial charge on any atom is 0.346 e. The van der Waals surface area contributed by atoms with Crippen molar-refractivity contribution in [1.82, 2.24) is 10.2 Å². The van der Waals surface area contributed by atoms with E-state index in [1.54, 1.807) is 5.38 Å². The van der Waals surface area contributed by atoms with Crippen molar-refractivity contribution in [3.8, 4) is 0 Å². The van der Waals surface area contributed by atoms with Gasteiger partial charge in [0.15, 0.2) is 0 Å². The van der Waals surface area contributed by atoms with Gasteiger partial charge in [0.05, 0.1) is 0 Å². The lowest BCUT2D eigenvalue weighted by atomic mass is 10.2. The molecule has 1 aromatic rings. The summed E-state index contributed by atoms with van der Waals surface area (Å²) in [5.41, 5.74) is 0.830. The van der Waals surface area contributed by atoms with Crippen LogP contribution in [0.4, 0.5) is 0 Å². The smallest absolute Gasteiger partial charge is 0.346 e. The lowest BCUT2D eigenvalue weighted by Gasteiger charge is -2.18.